The van der Waals surface area contributed by atoms with Crippen LogP contribution in [0.4, 0.5) is 5.69 Å². The van der Waals surface area contributed by atoms with Gasteiger partial charge in [0, 0.05) is 44.5 Å². The maximum atomic E-state index is 10.8. The van der Waals surface area contributed by atoms with Crippen molar-refractivity contribution in [1.29, 1.82) is 5.26 Å². The molecular formula is C70H76N4O17. The first-order valence-corrected chi connectivity index (χ1v) is 28.1. The Hall–Kier alpha value is -11.0. The molecule has 7 aromatic carbocycles. The highest BCUT2D eigenvalue weighted by Gasteiger charge is 2.18. The van der Waals surface area contributed by atoms with Crippen LogP contribution in [0.3, 0.4) is 0 Å². The Morgan fingerprint density at radius 3 is 1.47 bits per heavy atom. The Labute approximate surface area is 527 Å². The number of carboxylic acid groups (broad SMARTS) is 6. The molecule has 0 saturated heterocycles. The van der Waals surface area contributed by atoms with Crippen molar-refractivity contribution in [2.45, 2.75) is 99.4 Å². The summed E-state index contributed by atoms with van der Waals surface area (Å²) in [6, 6.07) is 55.8. The number of nitrogens with one attached hydrogen (secondary N) is 1. The van der Waals surface area contributed by atoms with E-state index in [-0.39, 0.29) is 14.0 Å². The molecule has 0 fully saturated rings. The van der Waals surface area contributed by atoms with Crippen molar-refractivity contribution in [2.75, 3.05) is 18.5 Å². The van der Waals surface area contributed by atoms with E-state index in [1.165, 1.54) is 27.7 Å². The molecule has 0 aliphatic carbocycles. The van der Waals surface area contributed by atoms with Gasteiger partial charge in [-0.1, -0.05) is 146 Å². The van der Waals surface area contributed by atoms with E-state index in [4.69, 9.17) is 59.6 Å². The number of aromatic nitrogens is 2. The third kappa shape index (κ3) is 26.1. The van der Waals surface area contributed by atoms with E-state index in [0.29, 0.717) is 36.0 Å². The first-order chi connectivity index (χ1) is 43.0. The van der Waals surface area contributed by atoms with Crippen molar-refractivity contribution in [1.82, 2.24) is 9.97 Å². The molecule has 0 aliphatic rings. The monoisotopic (exact) mass is 1240 g/mol. The smallest absolute Gasteiger partial charge is 0.344 e. The number of aliphatic carboxylic acids is 6. The van der Waals surface area contributed by atoms with Crippen LogP contribution in [-0.2, 0) is 51.3 Å². The predicted octanol–water partition coefficient (Wildman–Crippen LogP) is 12.6. The summed E-state index contributed by atoms with van der Waals surface area (Å²) in [5, 5.41) is 67.9. The minimum absolute atomic E-state index is 0. The molecule has 9 aromatic rings. The summed E-state index contributed by atoms with van der Waals surface area (Å²) in [5.74, 6) is -4.19. The Bertz CT molecular complexity index is 3800. The van der Waals surface area contributed by atoms with Gasteiger partial charge in [0.25, 0.3) is 0 Å². The van der Waals surface area contributed by atoms with Crippen LogP contribution in [0.25, 0.3) is 32.4 Å². The predicted molar refractivity (Wildman–Crippen MR) is 346 cm³/mol. The van der Waals surface area contributed by atoms with E-state index < -0.39 is 66.3 Å². The summed E-state index contributed by atoms with van der Waals surface area (Å²) in [6.07, 6.45) is 0.493. The molecule has 21 nitrogen and oxygen atoms in total. The van der Waals surface area contributed by atoms with Gasteiger partial charge in [0.15, 0.2) is 24.4 Å². The number of nitrogens with zero attached hydrogens (tertiary/aromatic N) is 3. The van der Waals surface area contributed by atoms with E-state index in [1.807, 2.05) is 166 Å². The number of nitriles is 1. The SMILES string of the molecule is C.CC(OCc1ccccc1)C(=O)O.C[C@H](Oc1ccc(C#N)c2ccccc12)C(=O)O.C[C@H](Oc1ccnc2ccccc12)C(=O)O.Cc1ccc(N[C@@H](C)C(=O)O)cc1.Cc1ncc(O[C@@H](C)C(=O)O)c2ccccc12.O=C(O)COCCc1ccccc1. The molecule has 0 radical (unpaired) electrons. The number of hydrogen-bond acceptors (Lipinski definition) is 15. The highest BCUT2D eigenvalue weighted by molar-refractivity contribution is 5.93. The first-order valence-electron chi connectivity index (χ1n) is 28.1. The Balaban J connectivity index is 0.000000286. The van der Waals surface area contributed by atoms with Crippen molar-refractivity contribution in [2.24, 2.45) is 0 Å². The summed E-state index contributed by atoms with van der Waals surface area (Å²) >= 11 is 0. The van der Waals surface area contributed by atoms with Crippen LogP contribution in [0.5, 0.6) is 17.2 Å². The summed E-state index contributed by atoms with van der Waals surface area (Å²) in [7, 11) is 0. The number of carboxylic acids is 6. The maximum Gasteiger partial charge on any atom is 0.344 e. The lowest BCUT2D eigenvalue weighted by Gasteiger charge is -2.13. The minimum Gasteiger partial charge on any atom is -0.480 e. The van der Waals surface area contributed by atoms with Crippen molar-refractivity contribution in [3.05, 3.63) is 216 Å². The van der Waals surface area contributed by atoms with Crippen LogP contribution in [-0.4, -0.2) is 120 Å². The van der Waals surface area contributed by atoms with E-state index in [9.17, 15) is 28.8 Å². The number of anilines is 1. The number of hydrogen-bond donors (Lipinski definition) is 7. The lowest BCUT2D eigenvalue weighted by molar-refractivity contribution is -0.150. The van der Waals surface area contributed by atoms with Crippen molar-refractivity contribution < 1.29 is 83.1 Å². The zero-order valence-electron chi connectivity index (χ0n) is 50.6. The van der Waals surface area contributed by atoms with Crippen LogP contribution in [0.1, 0.15) is 70.0 Å². The van der Waals surface area contributed by atoms with Gasteiger partial charge in [-0.15, -0.1) is 0 Å². The van der Waals surface area contributed by atoms with Crippen LogP contribution in [0.2, 0.25) is 0 Å². The number of fused-ring (bicyclic) bond motifs is 3. The summed E-state index contributed by atoms with van der Waals surface area (Å²) in [6.45, 7) is 12.1. The average molecular weight is 1250 g/mol. The van der Waals surface area contributed by atoms with Crippen molar-refractivity contribution in [3.63, 3.8) is 0 Å². The highest BCUT2D eigenvalue weighted by Crippen LogP contribution is 2.30. The number of para-hydroxylation sites is 1. The Morgan fingerprint density at radius 1 is 0.495 bits per heavy atom. The number of aryl methyl sites for hydroxylation is 2. The second kappa shape index (κ2) is 39.0. The molecule has 5 atom stereocenters. The van der Waals surface area contributed by atoms with Gasteiger partial charge in [-0.3, -0.25) is 14.8 Å². The standard InChI is InChI=1S/C14H11NO3.C13H13NO3.C12H11NO3.C10H13NO2.2C10H12O3.CH4/c1-9(14(16)17)18-13-7-6-10(8-15)11-4-2-3-5-12(11)13;1-8-10-5-3-4-6-11(10)12(7-14-8)17-9(2)13(15)16;1-8(12(14)15)16-11-6-7-13-10-5-3-2-4-9(10)11;1-7-3-5-9(6-4-7)11-8(2)10(12)13;1-8(10(11)12)13-7-9-5-3-2-4-6-9;11-10(12)8-13-7-6-9-4-2-1-3-5-9;/h2-7,9H,1H3,(H,16,17);3-7,9H,1-2H3,(H,15,16);2-8H,1H3,(H,14,15);3-6,8,11H,1-2H3,(H,12,13);2-6,8H,7H2,1H3,(H,11,12);1-5H,6-8H2,(H,11,12);1H4/t2*9-;2*8-;;;/m0000.../s1. The normalized spacial score (nSPS) is 11.7. The van der Waals surface area contributed by atoms with E-state index in [0.717, 1.165) is 66.9 Å². The van der Waals surface area contributed by atoms with Gasteiger partial charge in [-0.25, -0.2) is 24.0 Å². The largest absolute Gasteiger partial charge is 0.480 e. The summed E-state index contributed by atoms with van der Waals surface area (Å²) < 4.78 is 26.1. The first kappa shape index (κ1) is 74.3. The van der Waals surface area contributed by atoms with Gasteiger partial charge in [-0.2, -0.15) is 5.26 Å². The van der Waals surface area contributed by atoms with Gasteiger partial charge in [-0.05, 0) is 108 Å². The maximum absolute atomic E-state index is 10.8. The van der Waals surface area contributed by atoms with Gasteiger partial charge in [0.1, 0.15) is 29.9 Å². The quantitative estimate of drug-likeness (QED) is 0.0329. The fourth-order valence-electron chi connectivity index (χ4n) is 7.59. The number of carbonyl (C=O) groups is 6. The van der Waals surface area contributed by atoms with Gasteiger partial charge < -0.3 is 59.6 Å². The molecule has 21 heteroatoms. The van der Waals surface area contributed by atoms with Crippen LogP contribution < -0.4 is 19.5 Å². The van der Waals surface area contributed by atoms with Crippen LogP contribution in [0, 0.1) is 25.2 Å². The molecule has 91 heavy (non-hydrogen) atoms. The molecule has 2 aromatic heterocycles. The molecule has 2 heterocycles. The molecule has 0 amide bonds. The second-order valence-corrected chi connectivity index (χ2v) is 19.7. The number of ether oxygens (including phenoxy) is 5. The summed E-state index contributed by atoms with van der Waals surface area (Å²) in [4.78, 5) is 71.6. The number of rotatable bonds is 21. The third-order valence-electron chi connectivity index (χ3n) is 12.6. The van der Waals surface area contributed by atoms with Gasteiger partial charge in [0.05, 0.1) is 36.6 Å². The molecule has 0 spiro atoms. The minimum atomic E-state index is -1.02. The molecular weight excluding hydrogens is 1170 g/mol. The molecule has 0 aliphatic heterocycles. The Morgan fingerprint density at radius 2 is 0.956 bits per heavy atom. The van der Waals surface area contributed by atoms with Crippen LogP contribution >= 0.6 is 0 Å². The van der Waals surface area contributed by atoms with Crippen molar-refractivity contribution in [3.8, 4) is 23.3 Å². The third-order valence-corrected chi connectivity index (χ3v) is 12.6. The molecule has 0 bridgehead atoms. The van der Waals surface area contributed by atoms with E-state index in [2.05, 4.69) is 21.4 Å². The fraction of sp³-hybridized carbons (Fsp3) is 0.243. The lowest BCUT2D eigenvalue weighted by atomic mass is 10.0. The number of pyridine rings is 2. The zero-order valence-corrected chi connectivity index (χ0v) is 50.6. The average Bonchev–Trinajstić information content (AvgIpc) is 0.929. The zero-order chi connectivity index (χ0) is 66.1. The molecule has 9 rings (SSSR count). The van der Waals surface area contributed by atoms with E-state index >= 15 is 0 Å². The molecule has 0 saturated carbocycles. The Kier molecular flexibility index (Phi) is 31.9. The number of benzene rings is 7. The van der Waals surface area contributed by atoms with Crippen LogP contribution in [0.15, 0.2) is 188 Å². The van der Waals surface area contributed by atoms with Crippen molar-refractivity contribution >= 4 is 74.0 Å². The van der Waals surface area contributed by atoms with Gasteiger partial charge in [0.2, 0.25) is 0 Å². The fourth-order valence-corrected chi connectivity index (χ4v) is 7.59. The van der Waals surface area contributed by atoms with Gasteiger partial charge >= 0.3 is 35.8 Å². The summed E-state index contributed by atoms with van der Waals surface area (Å²) in [5.41, 5.74) is 6.37. The second-order valence-electron chi connectivity index (χ2n) is 19.7. The molecule has 7 N–H and O–H groups in total. The topological polar surface area (TPSA) is 332 Å². The molecule has 1 unspecified atom stereocenters. The lowest BCUT2D eigenvalue weighted by Crippen LogP contribution is -2.25. The molecule has 478 valence electrons. The highest BCUT2D eigenvalue weighted by atomic mass is 16.5. The van der Waals surface area contributed by atoms with E-state index in [1.54, 1.807) is 43.6 Å².